The van der Waals surface area contributed by atoms with Crippen LogP contribution >= 0.6 is 0 Å². The predicted molar refractivity (Wildman–Crippen MR) is 129 cm³/mol. The Morgan fingerprint density at radius 1 is 1.03 bits per heavy atom. The number of hydrogen-bond donors (Lipinski definition) is 2. The van der Waals surface area contributed by atoms with Gasteiger partial charge in [0, 0.05) is 79.0 Å². The zero-order valence-corrected chi connectivity index (χ0v) is 19.7. The van der Waals surface area contributed by atoms with E-state index in [0.717, 1.165) is 84.6 Å². The number of nitrogens with one attached hydrogen (secondary N) is 2. The summed E-state index contributed by atoms with van der Waals surface area (Å²) in [5, 5.41) is 6.91. The van der Waals surface area contributed by atoms with Gasteiger partial charge in [-0.2, -0.15) is 0 Å². The molecule has 0 saturated carbocycles. The second kappa shape index (κ2) is 13.0. The molecule has 1 atom stereocenters. The fourth-order valence-corrected chi connectivity index (χ4v) is 4.36. The van der Waals surface area contributed by atoms with Crippen molar-refractivity contribution < 1.29 is 4.74 Å². The van der Waals surface area contributed by atoms with Crippen LogP contribution in [-0.2, 0) is 11.3 Å². The standard InChI is InChI=1S/C24H42N6O/c1-21(2)18-30-15-16-31-23(20-30)17-27-24(25-3)26-9-10-28-11-13-29(14-12-28)19-22-7-5-4-6-8-22/h4-8,21,23H,9-20H2,1-3H3,(H2,25,26,27). The second-order valence-electron chi connectivity index (χ2n) is 9.13. The first-order valence-electron chi connectivity index (χ1n) is 11.9. The molecule has 174 valence electrons. The van der Waals surface area contributed by atoms with E-state index in [1.54, 1.807) is 0 Å². The maximum Gasteiger partial charge on any atom is 0.191 e. The molecular formula is C24H42N6O. The highest BCUT2D eigenvalue weighted by Crippen LogP contribution is 2.09. The third-order valence-electron chi connectivity index (χ3n) is 6.00. The molecule has 3 rings (SSSR count). The van der Waals surface area contributed by atoms with Crippen LogP contribution < -0.4 is 10.6 Å². The number of aliphatic imine (C=N–C) groups is 1. The summed E-state index contributed by atoms with van der Waals surface area (Å²) in [6, 6.07) is 10.8. The first-order valence-corrected chi connectivity index (χ1v) is 11.9. The van der Waals surface area contributed by atoms with Crippen molar-refractivity contribution in [3.05, 3.63) is 35.9 Å². The molecule has 7 heteroatoms. The van der Waals surface area contributed by atoms with Crippen LogP contribution in [0.4, 0.5) is 0 Å². The normalized spacial score (nSPS) is 22.1. The summed E-state index contributed by atoms with van der Waals surface area (Å²) in [6.07, 6.45) is 0.226. The average molecular weight is 431 g/mol. The summed E-state index contributed by atoms with van der Waals surface area (Å²) in [7, 11) is 1.84. The molecule has 0 radical (unpaired) electrons. The van der Waals surface area contributed by atoms with Crippen molar-refractivity contribution in [1.29, 1.82) is 0 Å². The Balaban J connectivity index is 1.28. The van der Waals surface area contributed by atoms with E-state index in [4.69, 9.17) is 4.74 Å². The van der Waals surface area contributed by atoms with Gasteiger partial charge in [-0.15, -0.1) is 0 Å². The SMILES string of the molecule is CN=C(NCCN1CCN(Cc2ccccc2)CC1)NCC1CN(CC(C)C)CCO1. The van der Waals surface area contributed by atoms with Crippen LogP contribution in [0, 0.1) is 5.92 Å². The summed E-state index contributed by atoms with van der Waals surface area (Å²) in [4.78, 5) is 12.0. The summed E-state index contributed by atoms with van der Waals surface area (Å²) in [5.41, 5.74) is 1.40. The van der Waals surface area contributed by atoms with Gasteiger partial charge in [-0.05, 0) is 11.5 Å². The van der Waals surface area contributed by atoms with Crippen molar-refractivity contribution in [3.8, 4) is 0 Å². The molecule has 0 amide bonds. The summed E-state index contributed by atoms with van der Waals surface area (Å²) < 4.78 is 5.94. The van der Waals surface area contributed by atoms with E-state index >= 15 is 0 Å². The van der Waals surface area contributed by atoms with E-state index in [1.807, 2.05) is 7.05 Å². The van der Waals surface area contributed by atoms with Crippen LogP contribution in [0.15, 0.2) is 35.3 Å². The number of hydrogen-bond acceptors (Lipinski definition) is 5. The summed E-state index contributed by atoms with van der Waals surface area (Å²) in [5.74, 6) is 1.56. The lowest BCUT2D eigenvalue weighted by molar-refractivity contribution is -0.0284. The van der Waals surface area contributed by atoms with Gasteiger partial charge in [0.15, 0.2) is 5.96 Å². The number of morpholine rings is 1. The molecule has 2 fully saturated rings. The predicted octanol–water partition coefficient (Wildman–Crippen LogP) is 1.33. The van der Waals surface area contributed by atoms with Crippen molar-refractivity contribution in [2.24, 2.45) is 10.9 Å². The number of rotatable bonds is 9. The van der Waals surface area contributed by atoms with Gasteiger partial charge in [-0.25, -0.2) is 0 Å². The average Bonchev–Trinajstić information content (AvgIpc) is 2.78. The lowest BCUT2D eigenvalue weighted by Gasteiger charge is -2.35. The first kappa shape index (κ1) is 24.0. The van der Waals surface area contributed by atoms with Gasteiger partial charge < -0.3 is 15.4 Å². The molecule has 2 saturated heterocycles. The van der Waals surface area contributed by atoms with E-state index in [0.29, 0.717) is 5.92 Å². The Hall–Kier alpha value is -1.67. The molecule has 2 N–H and O–H groups in total. The molecular weight excluding hydrogens is 388 g/mol. The summed E-state index contributed by atoms with van der Waals surface area (Å²) >= 11 is 0. The van der Waals surface area contributed by atoms with E-state index < -0.39 is 0 Å². The summed E-state index contributed by atoms with van der Waals surface area (Å²) in [6.45, 7) is 16.9. The highest BCUT2D eigenvalue weighted by Gasteiger charge is 2.21. The molecule has 2 heterocycles. The van der Waals surface area contributed by atoms with Crippen molar-refractivity contribution >= 4 is 5.96 Å². The van der Waals surface area contributed by atoms with E-state index in [2.05, 4.69) is 74.5 Å². The van der Waals surface area contributed by atoms with Crippen LogP contribution in [0.3, 0.4) is 0 Å². The largest absolute Gasteiger partial charge is 0.374 e. The number of ether oxygens (including phenoxy) is 1. The first-order chi connectivity index (χ1) is 15.1. The lowest BCUT2D eigenvalue weighted by atomic mass is 10.2. The van der Waals surface area contributed by atoms with Gasteiger partial charge in [0.1, 0.15) is 0 Å². The zero-order chi connectivity index (χ0) is 21.9. The third kappa shape index (κ3) is 8.77. The van der Waals surface area contributed by atoms with Gasteiger partial charge in [0.2, 0.25) is 0 Å². The Labute approximate surface area is 188 Å². The Kier molecular flexibility index (Phi) is 10.1. The van der Waals surface area contributed by atoms with Crippen LogP contribution in [0.1, 0.15) is 19.4 Å². The molecule has 0 aromatic heterocycles. The van der Waals surface area contributed by atoms with Gasteiger partial charge in [-0.1, -0.05) is 44.2 Å². The molecule has 1 aromatic carbocycles. The molecule has 0 spiro atoms. The molecule has 1 unspecified atom stereocenters. The molecule has 1 aromatic rings. The Morgan fingerprint density at radius 3 is 2.48 bits per heavy atom. The number of nitrogens with zero attached hydrogens (tertiary/aromatic N) is 4. The number of benzene rings is 1. The second-order valence-corrected chi connectivity index (χ2v) is 9.13. The number of piperazine rings is 1. The maximum atomic E-state index is 5.94. The minimum absolute atomic E-state index is 0.226. The van der Waals surface area contributed by atoms with Crippen LogP contribution in [-0.4, -0.2) is 106 Å². The fourth-order valence-electron chi connectivity index (χ4n) is 4.36. The van der Waals surface area contributed by atoms with E-state index in [-0.39, 0.29) is 6.10 Å². The van der Waals surface area contributed by atoms with Gasteiger partial charge in [0.05, 0.1) is 12.7 Å². The molecule has 0 bridgehead atoms. The molecule has 0 aliphatic carbocycles. The van der Waals surface area contributed by atoms with Crippen LogP contribution in [0.2, 0.25) is 0 Å². The van der Waals surface area contributed by atoms with Crippen LogP contribution in [0.5, 0.6) is 0 Å². The van der Waals surface area contributed by atoms with Gasteiger partial charge in [0.25, 0.3) is 0 Å². The Bertz CT molecular complexity index is 645. The van der Waals surface area contributed by atoms with Crippen molar-refractivity contribution in [3.63, 3.8) is 0 Å². The van der Waals surface area contributed by atoms with Crippen LogP contribution in [0.25, 0.3) is 0 Å². The van der Waals surface area contributed by atoms with E-state index in [1.165, 1.54) is 5.56 Å². The highest BCUT2D eigenvalue weighted by molar-refractivity contribution is 5.79. The third-order valence-corrected chi connectivity index (χ3v) is 6.00. The molecule has 2 aliphatic rings. The molecule has 2 aliphatic heterocycles. The topological polar surface area (TPSA) is 55.4 Å². The van der Waals surface area contributed by atoms with Gasteiger partial charge >= 0.3 is 0 Å². The zero-order valence-electron chi connectivity index (χ0n) is 19.7. The minimum atomic E-state index is 0.226. The lowest BCUT2D eigenvalue weighted by Crippen LogP contribution is -2.51. The smallest absolute Gasteiger partial charge is 0.191 e. The fraction of sp³-hybridized carbons (Fsp3) is 0.708. The molecule has 7 nitrogen and oxygen atoms in total. The number of guanidine groups is 1. The Morgan fingerprint density at radius 2 is 1.77 bits per heavy atom. The van der Waals surface area contributed by atoms with E-state index in [9.17, 15) is 0 Å². The quantitative estimate of drug-likeness (QED) is 0.455. The maximum absolute atomic E-state index is 5.94. The van der Waals surface area contributed by atoms with Crippen molar-refractivity contribution in [2.75, 3.05) is 79.1 Å². The van der Waals surface area contributed by atoms with Crippen molar-refractivity contribution in [1.82, 2.24) is 25.3 Å². The van der Waals surface area contributed by atoms with Crippen molar-refractivity contribution in [2.45, 2.75) is 26.5 Å². The highest BCUT2D eigenvalue weighted by atomic mass is 16.5. The minimum Gasteiger partial charge on any atom is -0.374 e. The monoisotopic (exact) mass is 430 g/mol. The molecule has 31 heavy (non-hydrogen) atoms. The van der Waals surface area contributed by atoms with Gasteiger partial charge in [-0.3, -0.25) is 19.7 Å².